The summed E-state index contributed by atoms with van der Waals surface area (Å²) in [6.45, 7) is 5.87. The van der Waals surface area contributed by atoms with Gasteiger partial charge in [-0.2, -0.15) is 0 Å². The summed E-state index contributed by atoms with van der Waals surface area (Å²) in [7, 11) is -2.09. The Morgan fingerprint density at radius 3 is 2.71 bits per heavy atom. The van der Waals surface area contributed by atoms with Gasteiger partial charge in [0, 0.05) is 19.0 Å². The summed E-state index contributed by atoms with van der Waals surface area (Å²) in [5, 5.41) is 0. The van der Waals surface area contributed by atoms with Crippen LogP contribution in [0.25, 0.3) is 10.2 Å². The third kappa shape index (κ3) is 3.36. The number of hydrogen-bond acceptors (Lipinski definition) is 5. The van der Waals surface area contributed by atoms with Gasteiger partial charge < -0.3 is 9.30 Å². The van der Waals surface area contributed by atoms with E-state index in [9.17, 15) is 13.2 Å². The summed E-state index contributed by atoms with van der Waals surface area (Å²) in [5.41, 5.74) is 2.12. The van der Waals surface area contributed by atoms with E-state index < -0.39 is 21.7 Å². The molecule has 3 aromatic rings. The molecular weight excluding hydrogens is 396 g/mol. The minimum absolute atomic E-state index is 0.118. The molecule has 2 aromatic carbocycles. The molecule has 0 fully saturated rings. The van der Waals surface area contributed by atoms with E-state index in [1.165, 1.54) is 4.57 Å². The van der Waals surface area contributed by atoms with Crippen LogP contribution in [0.1, 0.15) is 37.4 Å². The fourth-order valence-electron chi connectivity index (χ4n) is 3.62. The number of rotatable bonds is 3. The Labute approximate surface area is 167 Å². The minimum atomic E-state index is -3.77. The van der Waals surface area contributed by atoms with E-state index in [-0.39, 0.29) is 9.77 Å². The van der Waals surface area contributed by atoms with Gasteiger partial charge in [0.1, 0.15) is 11.4 Å². The van der Waals surface area contributed by atoms with Crippen molar-refractivity contribution in [3.63, 3.8) is 0 Å². The Morgan fingerprint density at radius 2 is 1.96 bits per heavy atom. The summed E-state index contributed by atoms with van der Waals surface area (Å²) < 4.78 is 37.3. The van der Waals surface area contributed by atoms with Crippen molar-refractivity contribution >= 4 is 31.6 Å². The lowest BCUT2D eigenvalue weighted by Gasteiger charge is -2.38. The molecular formula is C20H22N2O4S2. The molecule has 0 radical (unpaired) electrons. The Bertz CT molecular complexity index is 1240. The number of aryl methyl sites for hydroxylation is 2. The van der Waals surface area contributed by atoms with E-state index in [1.54, 1.807) is 25.2 Å². The zero-order chi connectivity index (χ0) is 20.3. The van der Waals surface area contributed by atoms with Crippen LogP contribution in [-0.2, 0) is 17.1 Å². The van der Waals surface area contributed by atoms with Crippen molar-refractivity contribution < 1.29 is 13.2 Å². The normalized spacial score (nSPS) is 18.6. The van der Waals surface area contributed by atoms with Crippen LogP contribution in [0.15, 0.2) is 46.1 Å². The third-order valence-electron chi connectivity index (χ3n) is 4.99. The van der Waals surface area contributed by atoms with Crippen molar-refractivity contribution in [1.29, 1.82) is 0 Å². The molecule has 0 unspecified atom stereocenters. The number of hydrogen-bond donors (Lipinski definition) is 1. The van der Waals surface area contributed by atoms with Crippen LogP contribution in [-0.4, -0.2) is 18.6 Å². The molecule has 28 heavy (non-hydrogen) atoms. The molecule has 8 heteroatoms. The van der Waals surface area contributed by atoms with Gasteiger partial charge in [0.2, 0.25) is 10.0 Å². The second kappa shape index (κ2) is 6.43. The smallest absolute Gasteiger partial charge is 0.307 e. The molecule has 0 saturated heterocycles. The average molecular weight is 419 g/mol. The van der Waals surface area contributed by atoms with Crippen molar-refractivity contribution in [2.75, 3.05) is 0 Å². The monoisotopic (exact) mass is 418 g/mol. The standard InChI is InChI=1S/C20H22N2O4S2/c1-12-5-8-17-14(9-12)15(11-20(2,3)26-17)21-28(24,25)13-6-7-16-18(10-13)27-19(23)22(16)4/h5-10,15,21H,11H2,1-4H3/t15-/m0/s1. The summed E-state index contributed by atoms with van der Waals surface area (Å²) in [4.78, 5) is 11.9. The largest absolute Gasteiger partial charge is 0.487 e. The van der Waals surface area contributed by atoms with Crippen LogP contribution < -0.4 is 14.3 Å². The summed E-state index contributed by atoms with van der Waals surface area (Å²) in [5.74, 6) is 0.700. The Balaban J connectivity index is 1.74. The van der Waals surface area contributed by atoms with Gasteiger partial charge in [0.05, 0.1) is 21.2 Å². The highest BCUT2D eigenvalue weighted by molar-refractivity contribution is 7.89. The van der Waals surface area contributed by atoms with Crippen molar-refractivity contribution in [2.45, 2.75) is 43.7 Å². The molecule has 0 saturated carbocycles. The number of benzene rings is 2. The molecule has 1 N–H and O–H groups in total. The summed E-state index contributed by atoms with van der Waals surface area (Å²) >= 11 is 1.04. The molecule has 4 rings (SSSR count). The number of fused-ring (bicyclic) bond motifs is 2. The Morgan fingerprint density at radius 1 is 1.21 bits per heavy atom. The number of thiazole rings is 1. The molecule has 1 atom stereocenters. The van der Waals surface area contributed by atoms with Gasteiger partial charge in [0.15, 0.2) is 0 Å². The molecule has 2 heterocycles. The average Bonchev–Trinajstić information content (AvgIpc) is 2.88. The molecule has 6 nitrogen and oxygen atoms in total. The van der Waals surface area contributed by atoms with E-state index in [0.29, 0.717) is 16.9 Å². The number of nitrogens with zero attached hydrogens (tertiary/aromatic N) is 1. The lowest BCUT2D eigenvalue weighted by molar-refractivity contribution is 0.0701. The highest BCUT2D eigenvalue weighted by atomic mass is 32.2. The van der Waals surface area contributed by atoms with Gasteiger partial charge in [-0.25, -0.2) is 13.1 Å². The van der Waals surface area contributed by atoms with Crippen LogP contribution >= 0.6 is 11.3 Å². The molecule has 0 amide bonds. The van der Waals surface area contributed by atoms with Gasteiger partial charge in [-0.05, 0) is 45.0 Å². The predicted molar refractivity (Wildman–Crippen MR) is 111 cm³/mol. The quantitative estimate of drug-likeness (QED) is 0.706. The van der Waals surface area contributed by atoms with Crippen molar-refractivity contribution in [3.05, 3.63) is 57.2 Å². The summed E-state index contributed by atoms with van der Waals surface area (Å²) in [6.07, 6.45) is 0.517. The number of aromatic nitrogens is 1. The van der Waals surface area contributed by atoms with Crippen LogP contribution in [0.3, 0.4) is 0 Å². The Kier molecular flexibility index (Phi) is 4.41. The van der Waals surface area contributed by atoms with Crippen molar-refractivity contribution in [1.82, 2.24) is 9.29 Å². The molecule has 1 aliphatic rings. The third-order valence-corrected chi connectivity index (χ3v) is 7.46. The first-order valence-corrected chi connectivity index (χ1v) is 11.3. The second-order valence-corrected chi connectivity index (χ2v) is 10.5. The lowest BCUT2D eigenvalue weighted by Crippen LogP contribution is -2.41. The molecule has 0 aliphatic carbocycles. The SMILES string of the molecule is Cc1ccc2c(c1)[C@@H](NS(=O)(=O)c1ccc3c(c1)sc(=O)n3C)CC(C)(C)O2. The topological polar surface area (TPSA) is 77.4 Å². The second-order valence-electron chi connectivity index (χ2n) is 7.84. The van der Waals surface area contributed by atoms with Crippen LogP contribution in [0, 0.1) is 6.92 Å². The van der Waals surface area contributed by atoms with E-state index in [1.807, 2.05) is 39.0 Å². The molecule has 0 spiro atoms. The van der Waals surface area contributed by atoms with Crippen molar-refractivity contribution in [3.8, 4) is 5.75 Å². The van der Waals surface area contributed by atoms with Crippen LogP contribution in [0.2, 0.25) is 0 Å². The van der Waals surface area contributed by atoms with Crippen LogP contribution in [0.4, 0.5) is 0 Å². The van der Waals surface area contributed by atoms with E-state index in [4.69, 9.17) is 4.74 Å². The molecule has 1 aliphatic heterocycles. The maximum Gasteiger partial charge on any atom is 0.307 e. The number of sulfonamides is 1. The minimum Gasteiger partial charge on any atom is -0.487 e. The molecule has 148 valence electrons. The van der Waals surface area contributed by atoms with Gasteiger partial charge in [-0.15, -0.1) is 0 Å². The first-order valence-electron chi connectivity index (χ1n) is 8.97. The highest BCUT2D eigenvalue weighted by Gasteiger charge is 2.36. The zero-order valence-electron chi connectivity index (χ0n) is 16.1. The van der Waals surface area contributed by atoms with Crippen LogP contribution in [0.5, 0.6) is 5.75 Å². The maximum absolute atomic E-state index is 13.1. The van der Waals surface area contributed by atoms with Gasteiger partial charge in [0.25, 0.3) is 0 Å². The fourth-order valence-corrected chi connectivity index (χ4v) is 5.85. The van der Waals surface area contributed by atoms with Gasteiger partial charge in [-0.3, -0.25) is 4.79 Å². The van der Waals surface area contributed by atoms with E-state index in [0.717, 1.165) is 28.0 Å². The molecule has 1 aromatic heterocycles. The number of ether oxygens (including phenoxy) is 1. The first kappa shape index (κ1) is 19.2. The van der Waals surface area contributed by atoms with E-state index >= 15 is 0 Å². The fraction of sp³-hybridized carbons (Fsp3) is 0.350. The highest BCUT2D eigenvalue weighted by Crippen LogP contribution is 2.40. The number of nitrogens with one attached hydrogen (secondary N) is 1. The zero-order valence-corrected chi connectivity index (χ0v) is 17.8. The van der Waals surface area contributed by atoms with E-state index in [2.05, 4.69) is 4.72 Å². The van der Waals surface area contributed by atoms with Gasteiger partial charge in [-0.1, -0.05) is 29.0 Å². The Hall–Kier alpha value is -2.16. The predicted octanol–water partition coefficient (Wildman–Crippen LogP) is 3.49. The summed E-state index contributed by atoms with van der Waals surface area (Å²) in [6, 6.07) is 10.2. The van der Waals surface area contributed by atoms with Gasteiger partial charge >= 0.3 is 4.87 Å². The molecule has 0 bridgehead atoms. The maximum atomic E-state index is 13.1. The van der Waals surface area contributed by atoms with Crippen molar-refractivity contribution in [2.24, 2.45) is 7.05 Å². The lowest BCUT2D eigenvalue weighted by atomic mass is 9.89. The first-order chi connectivity index (χ1) is 13.1.